The van der Waals surface area contributed by atoms with Gasteiger partial charge in [-0.05, 0) is 35.8 Å². The molecule has 0 bridgehead atoms. The molecule has 0 aromatic heterocycles. The van der Waals surface area contributed by atoms with Gasteiger partial charge < -0.3 is 5.73 Å². The van der Waals surface area contributed by atoms with Crippen molar-refractivity contribution in [1.29, 1.82) is 0 Å². The highest BCUT2D eigenvalue weighted by Crippen LogP contribution is 2.19. The summed E-state index contributed by atoms with van der Waals surface area (Å²) in [6, 6.07) is 7.74. The van der Waals surface area contributed by atoms with Gasteiger partial charge in [0.25, 0.3) is 10.2 Å². The molecular formula is C17H30ClN3O2S. The van der Waals surface area contributed by atoms with E-state index in [4.69, 9.17) is 5.73 Å². The van der Waals surface area contributed by atoms with Gasteiger partial charge in [0.2, 0.25) is 0 Å². The van der Waals surface area contributed by atoms with Crippen molar-refractivity contribution in [2.24, 2.45) is 11.7 Å². The van der Waals surface area contributed by atoms with Crippen LogP contribution in [0.25, 0.3) is 0 Å². The first-order valence-electron chi connectivity index (χ1n) is 8.39. The molecule has 5 nitrogen and oxygen atoms in total. The Labute approximate surface area is 152 Å². The van der Waals surface area contributed by atoms with Crippen molar-refractivity contribution < 1.29 is 8.42 Å². The van der Waals surface area contributed by atoms with Crippen LogP contribution in [0.2, 0.25) is 0 Å². The molecule has 1 aromatic rings. The maximum atomic E-state index is 12.4. The fourth-order valence-corrected chi connectivity index (χ4v) is 4.29. The molecule has 24 heavy (non-hydrogen) atoms. The summed E-state index contributed by atoms with van der Waals surface area (Å²) in [6.07, 6.45) is 2.01. The standard InChI is InChI=1S/C17H29N3O2S.ClH/c1-13(2)15-6-8-16(9-7-15)17(18)11-19-23(21,22)20-10-4-5-14(3)12-20;/h6-9,13-14,17,19H,4-5,10-12,18H2,1-3H3;1H. The first-order chi connectivity index (χ1) is 10.8. The van der Waals surface area contributed by atoms with E-state index in [2.05, 4.69) is 37.6 Å². The third-order valence-corrected chi connectivity index (χ3v) is 6.02. The number of piperidine rings is 1. The minimum absolute atomic E-state index is 0. The van der Waals surface area contributed by atoms with Gasteiger partial charge in [-0.1, -0.05) is 45.0 Å². The minimum atomic E-state index is -3.44. The molecule has 1 aliphatic rings. The second-order valence-corrected chi connectivity index (χ2v) is 8.64. The van der Waals surface area contributed by atoms with E-state index in [0.717, 1.165) is 18.4 Å². The third kappa shape index (κ3) is 5.70. The Bertz CT molecular complexity index is 605. The first kappa shape index (κ1) is 21.4. The predicted molar refractivity (Wildman–Crippen MR) is 102 cm³/mol. The van der Waals surface area contributed by atoms with Gasteiger partial charge in [-0.2, -0.15) is 12.7 Å². The zero-order valence-electron chi connectivity index (χ0n) is 14.7. The van der Waals surface area contributed by atoms with Crippen LogP contribution >= 0.6 is 12.4 Å². The van der Waals surface area contributed by atoms with E-state index in [1.54, 1.807) is 0 Å². The van der Waals surface area contributed by atoms with Crippen LogP contribution < -0.4 is 10.5 Å². The molecule has 2 unspecified atom stereocenters. The molecule has 2 rings (SSSR count). The zero-order chi connectivity index (χ0) is 17.0. The number of nitrogens with two attached hydrogens (primary N) is 1. The van der Waals surface area contributed by atoms with Crippen molar-refractivity contribution in [2.45, 2.75) is 45.6 Å². The second kappa shape index (κ2) is 9.15. The highest BCUT2D eigenvalue weighted by molar-refractivity contribution is 7.87. The van der Waals surface area contributed by atoms with Crippen LogP contribution in [-0.2, 0) is 10.2 Å². The van der Waals surface area contributed by atoms with Crippen LogP contribution in [0.5, 0.6) is 0 Å². The van der Waals surface area contributed by atoms with Crippen molar-refractivity contribution in [3.8, 4) is 0 Å². The maximum Gasteiger partial charge on any atom is 0.279 e. The molecule has 1 aromatic carbocycles. The van der Waals surface area contributed by atoms with Crippen LogP contribution in [-0.4, -0.2) is 32.4 Å². The molecule has 1 heterocycles. The molecule has 0 amide bonds. The van der Waals surface area contributed by atoms with Gasteiger partial charge >= 0.3 is 0 Å². The van der Waals surface area contributed by atoms with Gasteiger partial charge in [-0.3, -0.25) is 0 Å². The van der Waals surface area contributed by atoms with Crippen LogP contribution in [0.3, 0.4) is 0 Å². The lowest BCUT2D eigenvalue weighted by Crippen LogP contribution is -2.47. The highest BCUT2D eigenvalue weighted by Gasteiger charge is 2.27. The fraction of sp³-hybridized carbons (Fsp3) is 0.647. The van der Waals surface area contributed by atoms with Crippen molar-refractivity contribution in [3.05, 3.63) is 35.4 Å². The second-order valence-electron chi connectivity index (χ2n) is 6.89. The number of hydrogen-bond donors (Lipinski definition) is 2. The quantitative estimate of drug-likeness (QED) is 0.802. The van der Waals surface area contributed by atoms with Gasteiger partial charge in [0, 0.05) is 25.7 Å². The summed E-state index contributed by atoms with van der Waals surface area (Å²) in [5.74, 6) is 0.887. The minimum Gasteiger partial charge on any atom is -0.323 e. The van der Waals surface area contributed by atoms with Gasteiger partial charge in [-0.25, -0.2) is 4.72 Å². The van der Waals surface area contributed by atoms with Crippen molar-refractivity contribution >= 4 is 22.6 Å². The van der Waals surface area contributed by atoms with Gasteiger partial charge in [0.05, 0.1) is 0 Å². The molecule has 0 radical (unpaired) electrons. The summed E-state index contributed by atoms with van der Waals surface area (Å²) in [4.78, 5) is 0. The van der Waals surface area contributed by atoms with Crippen LogP contribution in [0.4, 0.5) is 0 Å². The van der Waals surface area contributed by atoms with E-state index in [1.807, 2.05) is 12.1 Å². The van der Waals surface area contributed by atoms with E-state index >= 15 is 0 Å². The predicted octanol–water partition coefficient (Wildman–Crippen LogP) is 2.80. The molecule has 1 fully saturated rings. The lowest BCUT2D eigenvalue weighted by Gasteiger charge is -2.30. The topological polar surface area (TPSA) is 75.4 Å². The monoisotopic (exact) mass is 375 g/mol. The van der Waals surface area contributed by atoms with Gasteiger partial charge in [-0.15, -0.1) is 12.4 Å². The molecule has 138 valence electrons. The summed E-state index contributed by atoms with van der Waals surface area (Å²) in [7, 11) is -3.44. The molecular weight excluding hydrogens is 346 g/mol. The van der Waals surface area contributed by atoms with E-state index in [9.17, 15) is 8.42 Å². The summed E-state index contributed by atoms with van der Waals surface area (Å²) in [5.41, 5.74) is 8.34. The summed E-state index contributed by atoms with van der Waals surface area (Å²) >= 11 is 0. The Morgan fingerprint density at radius 2 is 1.83 bits per heavy atom. The van der Waals surface area contributed by atoms with Gasteiger partial charge in [0.15, 0.2) is 0 Å². The first-order valence-corrected chi connectivity index (χ1v) is 9.83. The normalized spacial score (nSPS) is 20.6. The molecule has 7 heteroatoms. The SMILES string of the molecule is CC1CCCN(S(=O)(=O)NCC(N)c2ccc(C(C)C)cc2)C1.Cl. The molecule has 3 N–H and O–H groups in total. The Balaban J connectivity index is 0.00000288. The molecule has 0 aliphatic carbocycles. The van der Waals surface area contributed by atoms with Gasteiger partial charge in [0.1, 0.15) is 0 Å². The van der Waals surface area contributed by atoms with Crippen molar-refractivity contribution in [1.82, 2.24) is 9.03 Å². The molecule has 0 saturated carbocycles. The van der Waals surface area contributed by atoms with E-state index in [-0.39, 0.29) is 25.0 Å². The number of hydrogen-bond acceptors (Lipinski definition) is 3. The number of benzene rings is 1. The lowest BCUT2D eigenvalue weighted by molar-refractivity contribution is 0.278. The average Bonchev–Trinajstić information content (AvgIpc) is 2.53. The fourth-order valence-electron chi connectivity index (χ4n) is 2.90. The summed E-state index contributed by atoms with van der Waals surface area (Å²) in [5, 5.41) is 0. The summed E-state index contributed by atoms with van der Waals surface area (Å²) in [6.45, 7) is 7.77. The molecule has 1 saturated heterocycles. The van der Waals surface area contributed by atoms with Crippen molar-refractivity contribution in [2.75, 3.05) is 19.6 Å². The number of halogens is 1. The van der Waals surface area contributed by atoms with E-state index in [0.29, 0.717) is 24.9 Å². The van der Waals surface area contributed by atoms with Crippen LogP contribution in [0, 0.1) is 5.92 Å². The number of nitrogens with zero attached hydrogens (tertiary/aromatic N) is 1. The smallest absolute Gasteiger partial charge is 0.279 e. The highest BCUT2D eigenvalue weighted by atomic mass is 35.5. The average molecular weight is 376 g/mol. The Hall–Kier alpha value is -0.660. The third-order valence-electron chi connectivity index (χ3n) is 4.48. The van der Waals surface area contributed by atoms with E-state index in [1.165, 1.54) is 9.87 Å². The largest absolute Gasteiger partial charge is 0.323 e. The number of nitrogens with one attached hydrogen (secondary N) is 1. The zero-order valence-corrected chi connectivity index (χ0v) is 16.4. The van der Waals surface area contributed by atoms with Crippen LogP contribution in [0.1, 0.15) is 56.7 Å². The van der Waals surface area contributed by atoms with Crippen LogP contribution in [0.15, 0.2) is 24.3 Å². The Morgan fingerprint density at radius 3 is 2.38 bits per heavy atom. The molecule has 2 atom stereocenters. The summed E-state index contributed by atoms with van der Waals surface area (Å²) < 4.78 is 28.9. The van der Waals surface area contributed by atoms with E-state index < -0.39 is 10.2 Å². The molecule has 1 aliphatic heterocycles. The van der Waals surface area contributed by atoms with Crippen molar-refractivity contribution in [3.63, 3.8) is 0 Å². The Morgan fingerprint density at radius 1 is 1.25 bits per heavy atom. The number of rotatable bonds is 6. The maximum absolute atomic E-state index is 12.4. The molecule has 0 spiro atoms. The Kier molecular flexibility index (Phi) is 8.15. The lowest BCUT2D eigenvalue weighted by atomic mass is 9.99.